The topological polar surface area (TPSA) is 0 Å². The van der Waals surface area contributed by atoms with Gasteiger partial charge in [0, 0.05) is 0 Å². The lowest BCUT2D eigenvalue weighted by molar-refractivity contribution is -0.0872. The third-order valence-electron chi connectivity index (χ3n) is 5.74. The minimum Gasteiger partial charge on any atom is -0.0651 e. The van der Waals surface area contributed by atoms with E-state index in [-0.39, 0.29) is 0 Å². The third-order valence-corrected chi connectivity index (χ3v) is 5.74. The molecule has 4 rings (SSSR count). The molecule has 0 spiro atoms. The molecule has 0 heterocycles. The molecule has 4 saturated carbocycles. The Labute approximate surface area is 88.5 Å². The maximum Gasteiger partial charge on any atom is -0.0350 e. The fraction of sp³-hybridized carbons (Fsp3) is 1.00. The summed E-state index contributed by atoms with van der Waals surface area (Å²) in [6.07, 6.45) is 9.33. The van der Waals surface area contributed by atoms with Gasteiger partial charge in [-0.25, -0.2) is 0 Å². The van der Waals surface area contributed by atoms with Crippen LogP contribution in [0.1, 0.15) is 52.4 Å². The van der Waals surface area contributed by atoms with Gasteiger partial charge in [-0.05, 0) is 61.2 Å². The first-order valence-electron chi connectivity index (χ1n) is 6.83. The Balaban J connectivity index is 1.87. The summed E-state index contributed by atoms with van der Waals surface area (Å²) in [6.45, 7) is 4.86. The lowest BCUT2D eigenvalue weighted by atomic mass is 9.47. The molecule has 0 aromatic rings. The standard InChI is InChI=1S/C14H24/c1-3-12-10-5-9-6-11(8-10)13(4-2)14(12)7-9/h9-14H,3-8H2,1-2H3. The van der Waals surface area contributed by atoms with Crippen LogP contribution < -0.4 is 0 Å². The van der Waals surface area contributed by atoms with Crippen LogP contribution in [0.4, 0.5) is 0 Å². The lowest BCUT2D eigenvalue weighted by Gasteiger charge is -2.58. The van der Waals surface area contributed by atoms with Crippen LogP contribution in [0.2, 0.25) is 0 Å². The van der Waals surface area contributed by atoms with Crippen LogP contribution in [0.15, 0.2) is 0 Å². The van der Waals surface area contributed by atoms with Gasteiger partial charge in [0.2, 0.25) is 0 Å². The van der Waals surface area contributed by atoms with Gasteiger partial charge in [0.05, 0.1) is 0 Å². The first kappa shape index (κ1) is 9.24. The Morgan fingerprint density at radius 2 is 1.36 bits per heavy atom. The quantitative estimate of drug-likeness (QED) is 0.618. The summed E-state index contributed by atoms with van der Waals surface area (Å²) in [5.74, 6) is 6.81. The summed E-state index contributed by atoms with van der Waals surface area (Å²) >= 11 is 0. The second-order valence-corrected chi connectivity index (χ2v) is 6.14. The Bertz CT molecular complexity index is 200. The van der Waals surface area contributed by atoms with E-state index < -0.39 is 0 Å². The van der Waals surface area contributed by atoms with Crippen LogP contribution >= 0.6 is 0 Å². The van der Waals surface area contributed by atoms with Gasteiger partial charge in [0.25, 0.3) is 0 Å². The van der Waals surface area contributed by atoms with E-state index in [1.165, 1.54) is 12.8 Å². The van der Waals surface area contributed by atoms with Crippen LogP contribution in [0.3, 0.4) is 0 Å². The third kappa shape index (κ3) is 1.12. The molecule has 4 atom stereocenters. The molecule has 4 bridgehead atoms. The molecule has 0 amide bonds. The van der Waals surface area contributed by atoms with E-state index in [9.17, 15) is 0 Å². The average molecular weight is 192 g/mol. The molecule has 0 aromatic heterocycles. The molecule has 4 unspecified atom stereocenters. The van der Waals surface area contributed by atoms with Gasteiger partial charge < -0.3 is 0 Å². The SMILES string of the molecule is CCC1C2CC3CC(C2)C(CC)C1C3. The summed E-state index contributed by atoms with van der Waals surface area (Å²) in [5.41, 5.74) is 0. The van der Waals surface area contributed by atoms with Crippen molar-refractivity contribution in [3.63, 3.8) is 0 Å². The fourth-order valence-corrected chi connectivity index (χ4v) is 5.45. The van der Waals surface area contributed by atoms with Crippen molar-refractivity contribution in [1.29, 1.82) is 0 Å². The molecule has 0 radical (unpaired) electrons. The van der Waals surface area contributed by atoms with Gasteiger partial charge in [-0.3, -0.25) is 0 Å². The molecule has 0 heteroatoms. The highest BCUT2D eigenvalue weighted by atomic mass is 14.6. The van der Waals surface area contributed by atoms with Crippen molar-refractivity contribution in [2.24, 2.45) is 35.5 Å². The van der Waals surface area contributed by atoms with Crippen molar-refractivity contribution in [2.75, 3.05) is 0 Å². The molecule has 4 aliphatic rings. The second-order valence-electron chi connectivity index (χ2n) is 6.14. The lowest BCUT2D eigenvalue weighted by Crippen LogP contribution is -2.50. The fourth-order valence-electron chi connectivity index (χ4n) is 5.45. The largest absolute Gasteiger partial charge is 0.0651 e. The maximum atomic E-state index is 2.43. The van der Waals surface area contributed by atoms with Crippen LogP contribution in [0, 0.1) is 35.5 Å². The van der Waals surface area contributed by atoms with E-state index in [0.717, 1.165) is 35.5 Å². The van der Waals surface area contributed by atoms with Crippen LogP contribution in [0.25, 0.3) is 0 Å². The Hall–Kier alpha value is 0. The van der Waals surface area contributed by atoms with Crippen molar-refractivity contribution in [2.45, 2.75) is 52.4 Å². The Morgan fingerprint density at radius 3 is 1.86 bits per heavy atom. The predicted molar refractivity (Wildman–Crippen MR) is 60.0 cm³/mol. The van der Waals surface area contributed by atoms with Crippen molar-refractivity contribution >= 4 is 0 Å². The molecule has 0 saturated heterocycles. The molecule has 0 nitrogen and oxygen atoms in total. The van der Waals surface area contributed by atoms with E-state index in [4.69, 9.17) is 0 Å². The summed E-state index contributed by atoms with van der Waals surface area (Å²) in [4.78, 5) is 0. The molecule has 14 heavy (non-hydrogen) atoms. The highest BCUT2D eigenvalue weighted by molar-refractivity contribution is 5.01. The second kappa shape index (κ2) is 3.25. The summed E-state index contributed by atoms with van der Waals surface area (Å²) < 4.78 is 0. The molecular weight excluding hydrogens is 168 g/mol. The van der Waals surface area contributed by atoms with Crippen molar-refractivity contribution in [3.05, 3.63) is 0 Å². The van der Waals surface area contributed by atoms with Crippen molar-refractivity contribution in [1.82, 2.24) is 0 Å². The maximum absolute atomic E-state index is 2.43. The molecule has 0 aliphatic heterocycles. The van der Waals surface area contributed by atoms with Gasteiger partial charge in [-0.1, -0.05) is 26.7 Å². The Morgan fingerprint density at radius 1 is 0.786 bits per heavy atom. The zero-order chi connectivity index (χ0) is 9.71. The zero-order valence-corrected chi connectivity index (χ0v) is 9.71. The smallest absolute Gasteiger partial charge is 0.0350 e. The van der Waals surface area contributed by atoms with E-state index in [1.54, 1.807) is 25.7 Å². The number of hydrogen-bond donors (Lipinski definition) is 0. The molecular formula is C14H24. The van der Waals surface area contributed by atoms with Gasteiger partial charge in [-0.15, -0.1) is 0 Å². The Kier molecular flexibility index (Phi) is 2.15. The molecule has 0 N–H and O–H groups in total. The molecule has 4 aliphatic carbocycles. The van der Waals surface area contributed by atoms with Gasteiger partial charge >= 0.3 is 0 Å². The van der Waals surface area contributed by atoms with Gasteiger partial charge in [0.1, 0.15) is 0 Å². The normalized spacial score (nSPS) is 55.3. The molecule has 4 fully saturated rings. The summed E-state index contributed by atoms with van der Waals surface area (Å²) in [6, 6.07) is 0. The molecule has 0 aromatic carbocycles. The minimum atomic E-state index is 1.12. The summed E-state index contributed by atoms with van der Waals surface area (Å²) in [5, 5.41) is 0. The van der Waals surface area contributed by atoms with E-state index in [0.29, 0.717) is 0 Å². The highest BCUT2D eigenvalue weighted by Crippen LogP contribution is 2.60. The zero-order valence-electron chi connectivity index (χ0n) is 9.71. The van der Waals surface area contributed by atoms with Crippen LogP contribution in [0.5, 0.6) is 0 Å². The number of rotatable bonds is 2. The van der Waals surface area contributed by atoms with E-state index in [1.807, 2.05) is 0 Å². The summed E-state index contributed by atoms with van der Waals surface area (Å²) in [7, 11) is 0. The van der Waals surface area contributed by atoms with E-state index >= 15 is 0 Å². The van der Waals surface area contributed by atoms with Crippen molar-refractivity contribution in [3.8, 4) is 0 Å². The average Bonchev–Trinajstić information content (AvgIpc) is 2.17. The van der Waals surface area contributed by atoms with Crippen LogP contribution in [-0.2, 0) is 0 Å². The molecule has 80 valence electrons. The number of hydrogen-bond acceptors (Lipinski definition) is 0. The van der Waals surface area contributed by atoms with Crippen molar-refractivity contribution < 1.29 is 0 Å². The van der Waals surface area contributed by atoms with Crippen LogP contribution in [-0.4, -0.2) is 0 Å². The first-order chi connectivity index (χ1) is 6.83. The first-order valence-corrected chi connectivity index (χ1v) is 6.83. The van der Waals surface area contributed by atoms with Gasteiger partial charge in [-0.2, -0.15) is 0 Å². The van der Waals surface area contributed by atoms with E-state index in [2.05, 4.69) is 13.8 Å². The van der Waals surface area contributed by atoms with Gasteiger partial charge in [0.15, 0.2) is 0 Å². The highest BCUT2D eigenvalue weighted by Gasteiger charge is 2.51. The minimum absolute atomic E-state index is 1.12. The monoisotopic (exact) mass is 192 g/mol. The predicted octanol–water partition coefficient (Wildman–Crippen LogP) is 4.10.